The fourth-order valence-electron chi connectivity index (χ4n) is 4.07. The summed E-state index contributed by atoms with van der Waals surface area (Å²) in [7, 11) is 0. The predicted molar refractivity (Wildman–Crippen MR) is 93.5 cm³/mol. The van der Waals surface area contributed by atoms with E-state index >= 15 is 0 Å². The van der Waals surface area contributed by atoms with Gasteiger partial charge in [-0.25, -0.2) is 4.79 Å². The highest BCUT2D eigenvalue weighted by molar-refractivity contribution is 7.14. The summed E-state index contributed by atoms with van der Waals surface area (Å²) < 4.78 is 17.4. The summed E-state index contributed by atoms with van der Waals surface area (Å²) in [5.74, 6) is -0.832. The molecule has 0 saturated carbocycles. The van der Waals surface area contributed by atoms with Crippen LogP contribution in [0.2, 0.25) is 0 Å². The predicted octanol–water partition coefficient (Wildman–Crippen LogP) is 2.12. The van der Waals surface area contributed by atoms with Crippen molar-refractivity contribution in [3.8, 4) is 0 Å². The SMILES string of the molecule is O=C(O)c1cc2c(s1)C1(CCN(CCC3COCCO3)CC1)OCC2. The summed E-state index contributed by atoms with van der Waals surface area (Å²) in [6, 6.07) is 1.85. The lowest BCUT2D eigenvalue weighted by Crippen LogP contribution is -2.46. The molecular formula is C18H25NO5S. The quantitative estimate of drug-likeness (QED) is 0.879. The molecule has 1 aromatic rings. The van der Waals surface area contributed by atoms with E-state index in [9.17, 15) is 9.90 Å². The molecule has 0 amide bonds. The van der Waals surface area contributed by atoms with Gasteiger partial charge in [0.25, 0.3) is 0 Å². The first-order valence-corrected chi connectivity index (χ1v) is 9.90. The first-order chi connectivity index (χ1) is 12.2. The Kier molecular flexibility index (Phi) is 5.11. The van der Waals surface area contributed by atoms with Gasteiger partial charge in [0.2, 0.25) is 0 Å². The van der Waals surface area contributed by atoms with Crippen LogP contribution >= 0.6 is 11.3 Å². The minimum Gasteiger partial charge on any atom is -0.477 e. The number of hydrogen-bond acceptors (Lipinski definition) is 6. The van der Waals surface area contributed by atoms with Crippen LogP contribution in [0, 0.1) is 0 Å². The van der Waals surface area contributed by atoms with Gasteiger partial charge in [0.1, 0.15) is 10.5 Å². The Hall–Kier alpha value is -0.990. The number of carboxylic acid groups (broad SMARTS) is 1. The molecule has 1 spiro atoms. The Morgan fingerprint density at radius 1 is 1.32 bits per heavy atom. The molecule has 1 N–H and O–H groups in total. The van der Waals surface area contributed by atoms with Crippen molar-refractivity contribution >= 4 is 17.3 Å². The summed E-state index contributed by atoms with van der Waals surface area (Å²) in [6.45, 7) is 5.78. The second-order valence-electron chi connectivity index (χ2n) is 7.06. The van der Waals surface area contributed by atoms with Crippen LogP contribution in [0.5, 0.6) is 0 Å². The molecule has 0 aliphatic carbocycles. The number of ether oxygens (including phenoxy) is 3. The van der Waals surface area contributed by atoms with Crippen LogP contribution in [0.4, 0.5) is 0 Å². The van der Waals surface area contributed by atoms with Crippen molar-refractivity contribution in [3.63, 3.8) is 0 Å². The highest BCUT2D eigenvalue weighted by Gasteiger charge is 2.42. The van der Waals surface area contributed by atoms with Crippen LogP contribution < -0.4 is 0 Å². The average Bonchev–Trinajstić information content (AvgIpc) is 3.09. The number of carbonyl (C=O) groups is 1. The molecule has 4 rings (SSSR count). The number of likely N-dealkylation sites (tertiary alicyclic amines) is 1. The Labute approximate surface area is 151 Å². The monoisotopic (exact) mass is 367 g/mol. The van der Waals surface area contributed by atoms with Crippen molar-refractivity contribution in [3.05, 3.63) is 21.4 Å². The van der Waals surface area contributed by atoms with Gasteiger partial charge in [0.15, 0.2) is 0 Å². The Morgan fingerprint density at radius 2 is 2.16 bits per heavy atom. The molecule has 1 aromatic heterocycles. The maximum Gasteiger partial charge on any atom is 0.345 e. The molecule has 1 unspecified atom stereocenters. The summed E-state index contributed by atoms with van der Waals surface area (Å²) >= 11 is 1.41. The number of hydrogen-bond donors (Lipinski definition) is 1. The van der Waals surface area contributed by atoms with Crippen LogP contribution in [0.15, 0.2) is 6.07 Å². The number of piperidine rings is 1. The van der Waals surface area contributed by atoms with Gasteiger partial charge < -0.3 is 24.2 Å². The third-order valence-corrected chi connectivity index (χ3v) is 6.85. The topological polar surface area (TPSA) is 68.2 Å². The van der Waals surface area contributed by atoms with Crippen molar-refractivity contribution in [1.82, 2.24) is 4.90 Å². The minimum atomic E-state index is -0.832. The molecule has 138 valence electrons. The molecule has 3 aliphatic heterocycles. The van der Waals surface area contributed by atoms with Crippen molar-refractivity contribution in [2.75, 3.05) is 46.1 Å². The van der Waals surface area contributed by atoms with Gasteiger partial charge in [0, 0.05) is 24.5 Å². The number of fused-ring (bicyclic) bond motifs is 2. The van der Waals surface area contributed by atoms with E-state index in [0.29, 0.717) is 31.3 Å². The molecule has 4 heterocycles. The molecular weight excluding hydrogens is 342 g/mol. The molecule has 25 heavy (non-hydrogen) atoms. The maximum atomic E-state index is 11.3. The Morgan fingerprint density at radius 3 is 2.88 bits per heavy atom. The third-order valence-electron chi connectivity index (χ3n) is 5.50. The summed E-state index contributed by atoms with van der Waals surface area (Å²) in [5, 5.41) is 9.30. The van der Waals surface area contributed by atoms with E-state index in [0.717, 1.165) is 50.2 Å². The molecule has 2 saturated heterocycles. The van der Waals surface area contributed by atoms with Crippen LogP contribution in [0.25, 0.3) is 0 Å². The molecule has 3 aliphatic rings. The number of aromatic carboxylic acids is 1. The molecule has 0 radical (unpaired) electrons. The van der Waals surface area contributed by atoms with Crippen LogP contribution in [-0.4, -0.2) is 68.1 Å². The smallest absolute Gasteiger partial charge is 0.345 e. The first kappa shape index (κ1) is 17.4. The van der Waals surface area contributed by atoms with Crippen LogP contribution in [0.3, 0.4) is 0 Å². The first-order valence-electron chi connectivity index (χ1n) is 9.08. The third kappa shape index (κ3) is 3.61. The van der Waals surface area contributed by atoms with E-state index in [1.165, 1.54) is 16.9 Å². The number of rotatable bonds is 4. The molecule has 7 heteroatoms. The molecule has 0 bridgehead atoms. The van der Waals surface area contributed by atoms with E-state index in [1.54, 1.807) is 0 Å². The van der Waals surface area contributed by atoms with Gasteiger partial charge in [0.05, 0.1) is 32.5 Å². The van der Waals surface area contributed by atoms with E-state index in [-0.39, 0.29) is 11.7 Å². The fraction of sp³-hybridized carbons (Fsp3) is 0.722. The van der Waals surface area contributed by atoms with Gasteiger partial charge in [-0.2, -0.15) is 0 Å². The Balaban J connectivity index is 1.37. The zero-order chi connectivity index (χ0) is 17.3. The van der Waals surface area contributed by atoms with Gasteiger partial charge in [-0.1, -0.05) is 0 Å². The van der Waals surface area contributed by atoms with E-state index < -0.39 is 5.97 Å². The number of carboxylic acids is 1. The van der Waals surface area contributed by atoms with Crippen molar-refractivity contribution < 1.29 is 24.1 Å². The largest absolute Gasteiger partial charge is 0.477 e. The lowest BCUT2D eigenvalue weighted by atomic mass is 9.85. The van der Waals surface area contributed by atoms with Gasteiger partial charge >= 0.3 is 5.97 Å². The molecule has 0 aromatic carbocycles. The minimum absolute atomic E-state index is 0.220. The molecule has 1 atom stereocenters. The zero-order valence-electron chi connectivity index (χ0n) is 14.4. The zero-order valence-corrected chi connectivity index (χ0v) is 15.2. The highest BCUT2D eigenvalue weighted by atomic mass is 32.1. The summed E-state index contributed by atoms with van der Waals surface area (Å²) in [6.07, 6.45) is 3.91. The van der Waals surface area contributed by atoms with Gasteiger partial charge in [-0.3, -0.25) is 0 Å². The van der Waals surface area contributed by atoms with Crippen LogP contribution in [0.1, 0.15) is 39.4 Å². The van der Waals surface area contributed by atoms with E-state index in [4.69, 9.17) is 14.2 Å². The second-order valence-corrected chi connectivity index (χ2v) is 8.11. The normalized spacial score (nSPS) is 26.5. The van der Waals surface area contributed by atoms with Gasteiger partial charge in [-0.05, 0) is 37.3 Å². The second kappa shape index (κ2) is 7.32. The van der Waals surface area contributed by atoms with Gasteiger partial charge in [-0.15, -0.1) is 11.3 Å². The van der Waals surface area contributed by atoms with Crippen molar-refractivity contribution in [2.45, 2.75) is 37.4 Å². The Bertz CT molecular complexity index is 617. The lowest BCUT2D eigenvalue weighted by Gasteiger charge is -2.44. The van der Waals surface area contributed by atoms with Crippen molar-refractivity contribution in [2.24, 2.45) is 0 Å². The highest BCUT2D eigenvalue weighted by Crippen LogP contribution is 2.45. The molecule has 2 fully saturated rings. The van der Waals surface area contributed by atoms with E-state index in [1.807, 2.05) is 6.07 Å². The van der Waals surface area contributed by atoms with E-state index in [2.05, 4.69) is 4.90 Å². The average molecular weight is 367 g/mol. The lowest BCUT2D eigenvalue weighted by molar-refractivity contribution is -0.105. The number of thiophene rings is 1. The van der Waals surface area contributed by atoms with Crippen LogP contribution in [-0.2, 0) is 26.2 Å². The summed E-state index contributed by atoms with van der Waals surface area (Å²) in [5.41, 5.74) is 0.905. The molecule has 6 nitrogen and oxygen atoms in total. The summed E-state index contributed by atoms with van der Waals surface area (Å²) in [4.78, 5) is 15.4. The standard InChI is InChI=1S/C18H25NO5S/c20-17(21)15-11-13-2-8-24-18(16(13)25-15)3-6-19(7-4-18)5-1-14-12-22-9-10-23-14/h11,14H,1-10,12H2,(H,20,21). The maximum absolute atomic E-state index is 11.3. The number of nitrogens with zero attached hydrogens (tertiary/aromatic N) is 1. The fourth-order valence-corrected chi connectivity index (χ4v) is 5.32. The van der Waals surface area contributed by atoms with Crippen molar-refractivity contribution in [1.29, 1.82) is 0 Å².